The highest BCUT2D eigenvalue weighted by atomic mass is 16.5. The first-order valence-corrected chi connectivity index (χ1v) is 14.7. The van der Waals surface area contributed by atoms with Crippen molar-refractivity contribution < 1.29 is 34.4 Å². The number of aliphatic hydroxyl groups excluding tert-OH is 2. The number of Topliss-reactive ketones (excluding diaryl/α,β-unsaturated/α-hetero) is 1. The third-order valence-corrected chi connectivity index (χ3v) is 11.7. The molecule has 0 radical (unpaired) electrons. The molecule has 8 nitrogen and oxygen atoms in total. The second kappa shape index (κ2) is 10.3. The summed E-state index contributed by atoms with van der Waals surface area (Å²) in [7, 11) is 0. The summed E-state index contributed by atoms with van der Waals surface area (Å²) in [5.74, 6) is 0.288. The van der Waals surface area contributed by atoms with Crippen LogP contribution in [0.25, 0.3) is 0 Å². The fraction of sp³-hybridized carbons (Fsp3) is 0.833. The van der Waals surface area contributed by atoms with Crippen LogP contribution in [0.4, 0.5) is 0 Å². The molecule has 0 aromatic carbocycles. The van der Waals surface area contributed by atoms with Gasteiger partial charge in [-0.25, -0.2) is 4.79 Å². The number of amides is 1. The normalized spacial score (nSPS) is 43.9. The number of cyclic esters (lactones) is 1. The van der Waals surface area contributed by atoms with Crippen LogP contribution in [0, 0.1) is 34.5 Å². The highest BCUT2D eigenvalue weighted by Gasteiger charge is 2.70. The molecule has 0 saturated heterocycles. The molecule has 1 heterocycles. The average molecular weight is 532 g/mol. The second-order valence-corrected chi connectivity index (χ2v) is 13.3. The minimum atomic E-state index is -0.978. The molecule has 4 saturated carbocycles. The fourth-order valence-corrected chi connectivity index (χ4v) is 9.47. The Morgan fingerprint density at radius 1 is 1.05 bits per heavy atom. The number of esters is 1. The third kappa shape index (κ3) is 4.44. The Labute approximate surface area is 225 Å². The number of carbonyl (C=O) groups is 3. The van der Waals surface area contributed by atoms with E-state index in [0.717, 1.165) is 44.1 Å². The van der Waals surface area contributed by atoms with E-state index in [1.165, 1.54) is 0 Å². The average Bonchev–Trinajstić information content (AvgIpc) is 3.43. The van der Waals surface area contributed by atoms with Gasteiger partial charge in [-0.05, 0) is 92.4 Å². The maximum Gasteiger partial charge on any atom is 0.331 e. The van der Waals surface area contributed by atoms with Crippen LogP contribution >= 0.6 is 0 Å². The van der Waals surface area contributed by atoms with Crippen molar-refractivity contribution in [3.63, 3.8) is 0 Å². The lowest BCUT2D eigenvalue weighted by molar-refractivity contribution is -0.243. The molecule has 8 heteroatoms. The van der Waals surface area contributed by atoms with E-state index in [-0.39, 0.29) is 72.9 Å². The van der Waals surface area contributed by atoms with Gasteiger partial charge in [0, 0.05) is 43.4 Å². The van der Waals surface area contributed by atoms with Gasteiger partial charge in [-0.15, -0.1) is 0 Å². The predicted molar refractivity (Wildman–Crippen MR) is 140 cm³/mol. The van der Waals surface area contributed by atoms with E-state index in [0.29, 0.717) is 31.6 Å². The Balaban J connectivity index is 1.25. The van der Waals surface area contributed by atoms with Gasteiger partial charge >= 0.3 is 5.97 Å². The van der Waals surface area contributed by atoms with Gasteiger partial charge in [0.1, 0.15) is 12.4 Å². The molecule has 4 aliphatic carbocycles. The third-order valence-electron chi connectivity index (χ3n) is 11.7. The lowest BCUT2D eigenvalue weighted by Gasteiger charge is -2.65. The van der Waals surface area contributed by atoms with Crippen LogP contribution in [-0.2, 0) is 19.1 Å². The standard InChI is InChI=1S/C30H45NO7/c1-28-11-9-20(31-26(35)8-6-21(33)4-3-13-32)15-19(28)5-7-23-24(28)16-25(34)29(2)22(10-12-30(23,29)37)18-14-27(36)38-17-18/h14,19-20,22-25,32,34,37H,3-13,15-17H2,1-2H3,(H,31,35)/t19-,20?,22-,23-,24+,25-,28+,29+,30+/m1/s1. The van der Waals surface area contributed by atoms with Crippen molar-refractivity contribution in [2.24, 2.45) is 34.5 Å². The molecule has 5 rings (SSSR count). The van der Waals surface area contributed by atoms with Gasteiger partial charge in [0.05, 0.1) is 11.7 Å². The zero-order valence-corrected chi connectivity index (χ0v) is 22.9. The summed E-state index contributed by atoms with van der Waals surface area (Å²) in [4.78, 5) is 36.2. The fourth-order valence-electron chi connectivity index (χ4n) is 9.47. The number of carbonyl (C=O) groups excluding carboxylic acids is 3. The van der Waals surface area contributed by atoms with Crippen molar-refractivity contribution in [1.29, 1.82) is 0 Å². The quantitative estimate of drug-likeness (QED) is 0.354. The Kier molecular flexibility index (Phi) is 7.55. The van der Waals surface area contributed by atoms with Gasteiger partial charge < -0.3 is 25.4 Å². The van der Waals surface area contributed by atoms with Crippen LogP contribution in [0.2, 0.25) is 0 Å². The molecule has 1 amide bonds. The molecule has 1 unspecified atom stereocenters. The largest absolute Gasteiger partial charge is 0.458 e. The summed E-state index contributed by atoms with van der Waals surface area (Å²) < 4.78 is 5.19. The van der Waals surface area contributed by atoms with Crippen molar-refractivity contribution in [3.8, 4) is 0 Å². The zero-order chi connectivity index (χ0) is 27.3. The van der Waals surface area contributed by atoms with Gasteiger partial charge in [-0.3, -0.25) is 9.59 Å². The van der Waals surface area contributed by atoms with E-state index in [1.807, 2.05) is 6.92 Å². The molecule has 38 heavy (non-hydrogen) atoms. The molecule has 212 valence electrons. The number of hydrogen-bond acceptors (Lipinski definition) is 7. The van der Waals surface area contributed by atoms with Crippen LogP contribution in [0.5, 0.6) is 0 Å². The van der Waals surface area contributed by atoms with Crippen LogP contribution in [-0.4, -0.2) is 63.9 Å². The summed E-state index contributed by atoms with van der Waals surface area (Å²) in [5, 5.41) is 36.1. The molecule has 1 aliphatic heterocycles. The minimum Gasteiger partial charge on any atom is -0.458 e. The van der Waals surface area contributed by atoms with Crippen LogP contribution < -0.4 is 5.32 Å². The first-order valence-electron chi connectivity index (χ1n) is 14.7. The smallest absolute Gasteiger partial charge is 0.331 e. The summed E-state index contributed by atoms with van der Waals surface area (Å²) in [6.07, 6.45) is 8.73. The molecular formula is C30H45NO7. The monoisotopic (exact) mass is 531 g/mol. The number of ether oxygens (including phenoxy) is 1. The Hall–Kier alpha value is -1.77. The van der Waals surface area contributed by atoms with Crippen molar-refractivity contribution >= 4 is 17.7 Å². The lowest BCUT2D eigenvalue weighted by Crippen LogP contribution is -2.67. The SMILES string of the molecule is C[C@]12CCC(NC(=O)CCC(=O)CCCO)C[C@H]1CC[C@@H]1[C@@H]2C[C@@H](O)[C@]2(C)[C@@H](C3=CC(=O)OC3)CC[C@]12O. The van der Waals surface area contributed by atoms with E-state index >= 15 is 0 Å². The number of aliphatic hydroxyl groups is 3. The summed E-state index contributed by atoms with van der Waals surface area (Å²) in [6, 6.07) is 0.0919. The number of ketones is 1. The minimum absolute atomic E-state index is 0.00770. The Morgan fingerprint density at radius 2 is 1.84 bits per heavy atom. The first kappa shape index (κ1) is 27.8. The van der Waals surface area contributed by atoms with E-state index < -0.39 is 17.1 Å². The van der Waals surface area contributed by atoms with Crippen molar-refractivity contribution in [1.82, 2.24) is 5.32 Å². The molecule has 0 aromatic heterocycles. The number of fused-ring (bicyclic) bond motifs is 5. The van der Waals surface area contributed by atoms with Gasteiger partial charge in [0.25, 0.3) is 0 Å². The van der Waals surface area contributed by atoms with E-state index in [9.17, 15) is 24.6 Å². The molecule has 9 atom stereocenters. The van der Waals surface area contributed by atoms with E-state index in [1.54, 1.807) is 6.08 Å². The molecule has 5 aliphatic rings. The van der Waals surface area contributed by atoms with Gasteiger partial charge in [-0.2, -0.15) is 0 Å². The molecule has 0 bridgehead atoms. The summed E-state index contributed by atoms with van der Waals surface area (Å²) >= 11 is 0. The van der Waals surface area contributed by atoms with E-state index in [4.69, 9.17) is 9.84 Å². The van der Waals surface area contributed by atoms with Gasteiger partial charge in [0.15, 0.2) is 0 Å². The van der Waals surface area contributed by atoms with Crippen molar-refractivity contribution in [3.05, 3.63) is 11.6 Å². The summed E-state index contributed by atoms with van der Waals surface area (Å²) in [5.41, 5.74) is -0.769. The Bertz CT molecular complexity index is 995. The van der Waals surface area contributed by atoms with Gasteiger partial charge in [0.2, 0.25) is 5.91 Å². The van der Waals surface area contributed by atoms with E-state index in [2.05, 4.69) is 12.2 Å². The molecule has 0 spiro atoms. The molecular weight excluding hydrogens is 486 g/mol. The summed E-state index contributed by atoms with van der Waals surface area (Å²) in [6.45, 7) is 4.62. The topological polar surface area (TPSA) is 133 Å². The highest BCUT2D eigenvalue weighted by molar-refractivity contribution is 5.85. The number of rotatable bonds is 8. The maximum atomic E-state index is 12.5. The van der Waals surface area contributed by atoms with Crippen LogP contribution in [0.15, 0.2) is 11.6 Å². The highest BCUT2D eigenvalue weighted by Crippen LogP contribution is 2.69. The molecule has 4 fully saturated rings. The first-order chi connectivity index (χ1) is 18.0. The molecule has 0 aromatic rings. The van der Waals surface area contributed by atoms with Crippen molar-refractivity contribution in [2.75, 3.05) is 13.2 Å². The van der Waals surface area contributed by atoms with Crippen LogP contribution in [0.1, 0.15) is 90.9 Å². The van der Waals surface area contributed by atoms with Gasteiger partial charge in [-0.1, -0.05) is 13.8 Å². The number of nitrogens with one attached hydrogen (secondary N) is 1. The lowest BCUT2D eigenvalue weighted by atomic mass is 9.42. The molecule has 4 N–H and O–H groups in total. The second-order valence-electron chi connectivity index (χ2n) is 13.3. The van der Waals surface area contributed by atoms with Crippen molar-refractivity contribution in [2.45, 2.75) is 109 Å². The maximum absolute atomic E-state index is 12.5. The zero-order valence-electron chi connectivity index (χ0n) is 22.9. The Morgan fingerprint density at radius 3 is 2.55 bits per heavy atom. The number of hydrogen-bond donors (Lipinski definition) is 4. The predicted octanol–water partition coefficient (Wildman–Crippen LogP) is 2.82. The van der Waals surface area contributed by atoms with Crippen LogP contribution in [0.3, 0.4) is 0 Å².